The molecule has 0 amide bonds. The molecule has 0 atom stereocenters. The zero-order chi connectivity index (χ0) is 27.8. The van der Waals surface area contributed by atoms with Crippen LogP contribution in [0.5, 0.6) is 5.88 Å². The van der Waals surface area contributed by atoms with Crippen LogP contribution < -0.4 is 38.1 Å². The highest BCUT2D eigenvalue weighted by atomic mass is 16.3. The highest BCUT2D eigenvalue weighted by molar-refractivity contribution is 5.94. The number of pyridine rings is 1. The zero-order valence-electron chi connectivity index (χ0n) is 20.6. The maximum atomic E-state index is 13.4. The Morgan fingerprint density at radius 1 is 0.846 bits per heavy atom. The third-order valence-corrected chi connectivity index (χ3v) is 6.71. The Morgan fingerprint density at radius 3 is 2.18 bits per heavy atom. The Labute approximate surface area is 219 Å². The molecule has 2 aliphatic rings. The van der Waals surface area contributed by atoms with Crippen LogP contribution in [0.2, 0.25) is 0 Å². The first-order valence-corrected chi connectivity index (χ1v) is 11.9. The van der Waals surface area contributed by atoms with Crippen molar-refractivity contribution in [2.75, 3.05) is 10.9 Å². The lowest BCUT2D eigenvalue weighted by molar-refractivity contribution is 0.404. The summed E-state index contributed by atoms with van der Waals surface area (Å²) in [6.45, 7) is 1.57. The molecule has 0 bridgehead atoms. The Hall–Kier alpha value is -5.56. The van der Waals surface area contributed by atoms with Crippen molar-refractivity contribution in [2.45, 2.75) is 19.9 Å². The predicted octanol–water partition coefficient (Wildman–Crippen LogP) is 1.61. The summed E-state index contributed by atoms with van der Waals surface area (Å²) in [6, 6.07) is 17.4. The van der Waals surface area contributed by atoms with E-state index in [1.165, 1.54) is 25.1 Å². The maximum absolute atomic E-state index is 13.4. The first-order chi connectivity index (χ1) is 18.7. The summed E-state index contributed by atoms with van der Waals surface area (Å²) in [5.74, 6) is -0.465. The van der Waals surface area contributed by atoms with Gasteiger partial charge in [0, 0.05) is 17.5 Å². The topological polar surface area (TPSA) is 158 Å². The molecule has 0 saturated carbocycles. The molecule has 2 aliphatic carbocycles. The normalized spacial score (nSPS) is 11.0. The van der Waals surface area contributed by atoms with Gasteiger partial charge in [-0.2, -0.15) is 5.26 Å². The van der Waals surface area contributed by atoms with Crippen molar-refractivity contribution in [2.24, 2.45) is 0 Å². The third kappa shape index (κ3) is 4.12. The lowest BCUT2D eigenvalue weighted by Crippen LogP contribution is -2.30. The van der Waals surface area contributed by atoms with E-state index in [2.05, 4.69) is 10.9 Å². The van der Waals surface area contributed by atoms with E-state index in [9.17, 15) is 34.3 Å². The second-order valence-corrected chi connectivity index (χ2v) is 8.95. The minimum atomic E-state index is -0.799. The van der Waals surface area contributed by atoms with Crippen molar-refractivity contribution in [3.05, 3.63) is 139 Å². The summed E-state index contributed by atoms with van der Waals surface area (Å²) in [6.07, 6.45) is 0.413. The van der Waals surface area contributed by atoms with Gasteiger partial charge in [-0.25, -0.2) is 0 Å². The van der Waals surface area contributed by atoms with E-state index in [1.807, 2.05) is 36.4 Å². The van der Waals surface area contributed by atoms with Gasteiger partial charge in [-0.15, -0.1) is 0 Å². The first kappa shape index (κ1) is 25.1. The van der Waals surface area contributed by atoms with Crippen LogP contribution in [0.25, 0.3) is 10.8 Å². The fraction of sp³-hybridized carbons (Fsp3) is 0.103. The van der Waals surface area contributed by atoms with E-state index in [-0.39, 0.29) is 39.8 Å². The van der Waals surface area contributed by atoms with Gasteiger partial charge in [0.15, 0.2) is 16.3 Å². The average Bonchev–Trinajstić information content (AvgIpc) is 2.93. The van der Waals surface area contributed by atoms with Crippen molar-refractivity contribution in [3.63, 3.8) is 0 Å². The Morgan fingerprint density at radius 2 is 1.51 bits per heavy atom. The van der Waals surface area contributed by atoms with Crippen LogP contribution in [0.4, 0.5) is 11.4 Å². The fourth-order valence-electron chi connectivity index (χ4n) is 4.69. The molecular formula is C29H20N4O6. The summed E-state index contributed by atoms with van der Waals surface area (Å²) >= 11 is 0. The SMILES string of the molecule is Cc1c(C#N)c(O)n(CCc2ccccc2)c(=O)c1NNc1cccc2c(=O)c3c(=O)ccc(=O)c=3c(=O)c12. The van der Waals surface area contributed by atoms with E-state index < -0.39 is 43.6 Å². The molecule has 0 fully saturated rings. The molecule has 10 nitrogen and oxygen atoms in total. The van der Waals surface area contributed by atoms with Crippen LogP contribution in [0.15, 0.2) is 84.6 Å². The van der Waals surface area contributed by atoms with E-state index in [0.717, 1.165) is 22.3 Å². The van der Waals surface area contributed by atoms with Gasteiger partial charge in [-0.05, 0) is 37.1 Å². The molecule has 0 saturated heterocycles. The number of hydrogen-bond donors (Lipinski definition) is 3. The van der Waals surface area contributed by atoms with Crippen molar-refractivity contribution >= 4 is 22.1 Å². The van der Waals surface area contributed by atoms with Crippen LogP contribution >= 0.6 is 0 Å². The molecule has 10 heteroatoms. The minimum Gasteiger partial charge on any atom is -0.493 e. The number of aryl methyl sites for hydroxylation is 1. The molecule has 0 spiro atoms. The van der Waals surface area contributed by atoms with Crippen LogP contribution in [0, 0.1) is 28.7 Å². The summed E-state index contributed by atoms with van der Waals surface area (Å²) in [5.41, 5.74) is 2.84. The van der Waals surface area contributed by atoms with Gasteiger partial charge in [-0.3, -0.25) is 39.4 Å². The molecule has 0 radical (unpaired) electrons. The smallest absolute Gasteiger partial charge is 0.278 e. The predicted molar refractivity (Wildman–Crippen MR) is 146 cm³/mol. The molecule has 5 rings (SSSR count). The zero-order valence-corrected chi connectivity index (χ0v) is 20.6. The summed E-state index contributed by atoms with van der Waals surface area (Å²) in [7, 11) is 0. The van der Waals surface area contributed by atoms with Gasteiger partial charge in [0.1, 0.15) is 17.3 Å². The average molecular weight is 521 g/mol. The van der Waals surface area contributed by atoms with Crippen molar-refractivity contribution in [1.29, 1.82) is 5.26 Å². The Kier molecular flexibility index (Phi) is 6.26. The number of anilines is 2. The summed E-state index contributed by atoms with van der Waals surface area (Å²) in [5, 5.41) is 19.2. The quantitative estimate of drug-likeness (QED) is 0.283. The number of hydrazine groups is 1. The summed E-state index contributed by atoms with van der Waals surface area (Å²) in [4.78, 5) is 64.4. The number of aromatic nitrogens is 1. The standard InChI is InChI=1S/C29H20N4O6/c1-15-18(14-30)28(38)33(13-12-16-6-3-2-4-7-16)29(39)25(15)32-31-19-9-5-8-17-22(19)27(37)24-21(35)11-10-20(34)23(24)26(17)36/h2-11,31-32,38H,12-13H2,1H3. The van der Waals surface area contributed by atoms with Crippen LogP contribution in [-0.2, 0) is 13.0 Å². The molecule has 192 valence electrons. The lowest BCUT2D eigenvalue weighted by Gasteiger charge is -2.18. The highest BCUT2D eigenvalue weighted by Crippen LogP contribution is 2.25. The number of hydrogen-bond acceptors (Lipinski definition) is 9. The minimum absolute atomic E-state index is 0.0589. The molecule has 39 heavy (non-hydrogen) atoms. The molecule has 3 N–H and O–H groups in total. The molecule has 1 aromatic heterocycles. The summed E-state index contributed by atoms with van der Waals surface area (Å²) < 4.78 is 1.08. The largest absolute Gasteiger partial charge is 0.493 e. The van der Waals surface area contributed by atoms with Gasteiger partial charge in [0.25, 0.3) is 5.56 Å². The van der Waals surface area contributed by atoms with Crippen molar-refractivity contribution < 1.29 is 5.11 Å². The molecule has 2 aromatic carbocycles. The Bertz CT molecular complexity index is 2160. The Balaban J connectivity index is 1.62. The van der Waals surface area contributed by atoms with Crippen LogP contribution in [0.1, 0.15) is 16.7 Å². The van der Waals surface area contributed by atoms with E-state index in [4.69, 9.17) is 0 Å². The van der Waals surface area contributed by atoms with E-state index in [1.54, 1.807) is 0 Å². The number of benzene rings is 2. The molecule has 3 aromatic rings. The van der Waals surface area contributed by atoms with Gasteiger partial charge in [0.2, 0.25) is 11.3 Å². The van der Waals surface area contributed by atoms with E-state index in [0.29, 0.717) is 6.42 Å². The second-order valence-electron chi connectivity index (χ2n) is 8.95. The van der Waals surface area contributed by atoms with Crippen LogP contribution in [-0.4, -0.2) is 9.67 Å². The van der Waals surface area contributed by atoms with Crippen LogP contribution in [0.3, 0.4) is 0 Å². The number of rotatable bonds is 6. The fourth-order valence-corrected chi connectivity index (χ4v) is 4.69. The van der Waals surface area contributed by atoms with Crippen molar-refractivity contribution in [1.82, 2.24) is 4.57 Å². The second kappa shape index (κ2) is 9.72. The first-order valence-electron chi connectivity index (χ1n) is 11.9. The molecular weight excluding hydrogens is 500 g/mol. The van der Waals surface area contributed by atoms with Gasteiger partial charge in [-0.1, -0.05) is 42.5 Å². The molecule has 1 heterocycles. The number of nitriles is 1. The molecule has 0 unspecified atom stereocenters. The number of aromatic hydroxyl groups is 1. The maximum Gasteiger partial charge on any atom is 0.278 e. The highest BCUT2D eigenvalue weighted by Gasteiger charge is 2.20. The third-order valence-electron chi connectivity index (χ3n) is 6.71. The van der Waals surface area contributed by atoms with E-state index >= 15 is 0 Å². The number of fused-ring (bicyclic) bond motifs is 1. The van der Waals surface area contributed by atoms with Gasteiger partial charge < -0.3 is 5.11 Å². The number of nitrogens with zero attached hydrogens (tertiary/aromatic N) is 2. The molecule has 0 aliphatic heterocycles. The monoisotopic (exact) mass is 520 g/mol. The van der Waals surface area contributed by atoms with Gasteiger partial charge >= 0.3 is 0 Å². The lowest BCUT2D eigenvalue weighted by atomic mass is 10.0. The van der Waals surface area contributed by atoms with Gasteiger partial charge in [0.05, 0.1) is 21.5 Å². The van der Waals surface area contributed by atoms with Crippen molar-refractivity contribution in [3.8, 4) is 11.9 Å². The number of nitrogens with one attached hydrogen (secondary N) is 2.